The number of morpholine rings is 1. The number of nitriles is 1. The number of cyclic esters (lactones) is 1. The number of carbonyl (C=O) groups is 1. The van der Waals surface area contributed by atoms with Crippen molar-refractivity contribution < 1.29 is 14.3 Å². The van der Waals surface area contributed by atoms with Crippen LogP contribution in [0.1, 0.15) is 11.1 Å². The van der Waals surface area contributed by atoms with Crippen molar-refractivity contribution in [1.29, 1.82) is 5.26 Å². The van der Waals surface area contributed by atoms with Crippen LogP contribution in [0.15, 0.2) is 23.3 Å². The van der Waals surface area contributed by atoms with E-state index in [4.69, 9.17) is 9.47 Å². The van der Waals surface area contributed by atoms with Gasteiger partial charge < -0.3 is 14.4 Å². The summed E-state index contributed by atoms with van der Waals surface area (Å²) in [6.07, 6.45) is -0.566. The topological polar surface area (TPSA) is 87.0 Å². The SMILES string of the molecule is N#Cc1cc(C2=NNC(=O)OC2)ccc1N1CCOCC1. The number of amides is 1. The number of hydrogen-bond acceptors (Lipinski definition) is 6. The summed E-state index contributed by atoms with van der Waals surface area (Å²) in [6, 6.07) is 7.77. The Morgan fingerprint density at radius 3 is 2.81 bits per heavy atom. The third-order valence-corrected chi connectivity index (χ3v) is 3.42. The molecule has 0 bridgehead atoms. The molecule has 0 atom stereocenters. The molecule has 1 amide bonds. The predicted molar refractivity (Wildman–Crippen MR) is 75.2 cm³/mol. The Morgan fingerprint density at radius 1 is 1.33 bits per heavy atom. The first-order valence-corrected chi connectivity index (χ1v) is 6.64. The summed E-state index contributed by atoms with van der Waals surface area (Å²) in [6.45, 7) is 2.98. The summed E-state index contributed by atoms with van der Waals surface area (Å²) >= 11 is 0. The second-order valence-corrected chi connectivity index (χ2v) is 4.69. The highest BCUT2D eigenvalue weighted by molar-refractivity contribution is 6.04. The summed E-state index contributed by atoms with van der Waals surface area (Å²) in [4.78, 5) is 13.0. The smallest absolute Gasteiger partial charge is 0.428 e. The van der Waals surface area contributed by atoms with Crippen LogP contribution in [0.25, 0.3) is 0 Å². The van der Waals surface area contributed by atoms with Crippen LogP contribution in [0, 0.1) is 11.3 Å². The molecule has 0 spiro atoms. The highest BCUT2D eigenvalue weighted by atomic mass is 16.6. The molecule has 1 fully saturated rings. The molecule has 0 unspecified atom stereocenters. The Bertz CT molecular complexity index is 630. The first-order chi connectivity index (χ1) is 10.3. The molecule has 1 aromatic rings. The van der Waals surface area contributed by atoms with Crippen molar-refractivity contribution in [1.82, 2.24) is 5.43 Å². The lowest BCUT2D eigenvalue weighted by atomic mass is 10.0. The number of ether oxygens (including phenoxy) is 2. The zero-order chi connectivity index (χ0) is 14.7. The number of carbonyl (C=O) groups excluding carboxylic acids is 1. The van der Waals surface area contributed by atoms with E-state index in [0.29, 0.717) is 24.5 Å². The fourth-order valence-electron chi connectivity index (χ4n) is 2.34. The van der Waals surface area contributed by atoms with E-state index in [2.05, 4.69) is 21.5 Å². The molecule has 7 heteroatoms. The number of nitrogens with zero attached hydrogens (tertiary/aromatic N) is 3. The fraction of sp³-hybridized carbons (Fsp3) is 0.357. The number of nitrogens with one attached hydrogen (secondary N) is 1. The Morgan fingerprint density at radius 2 is 2.14 bits per heavy atom. The van der Waals surface area contributed by atoms with Crippen LogP contribution in [0.3, 0.4) is 0 Å². The molecule has 1 saturated heterocycles. The van der Waals surface area contributed by atoms with E-state index in [9.17, 15) is 10.1 Å². The van der Waals surface area contributed by atoms with Gasteiger partial charge in [0.15, 0.2) is 0 Å². The van der Waals surface area contributed by atoms with Gasteiger partial charge >= 0.3 is 6.09 Å². The molecule has 1 N–H and O–H groups in total. The molecule has 2 aliphatic heterocycles. The normalized spacial score (nSPS) is 18.3. The summed E-state index contributed by atoms with van der Waals surface area (Å²) < 4.78 is 10.2. The van der Waals surface area contributed by atoms with Crippen molar-refractivity contribution in [2.24, 2.45) is 5.10 Å². The number of benzene rings is 1. The van der Waals surface area contributed by atoms with Gasteiger partial charge in [0.2, 0.25) is 0 Å². The molecule has 108 valence electrons. The molecule has 0 aliphatic carbocycles. The van der Waals surface area contributed by atoms with E-state index >= 15 is 0 Å². The Hall–Kier alpha value is -2.59. The second kappa shape index (κ2) is 5.81. The van der Waals surface area contributed by atoms with E-state index in [1.54, 1.807) is 6.07 Å². The van der Waals surface area contributed by atoms with Gasteiger partial charge in [-0.1, -0.05) is 6.07 Å². The summed E-state index contributed by atoms with van der Waals surface area (Å²) in [7, 11) is 0. The molecule has 21 heavy (non-hydrogen) atoms. The first kappa shape index (κ1) is 13.4. The zero-order valence-corrected chi connectivity index (χ0v) is 11.3. The molecule has 0 saturated carbocycles. The van der Waals surface area contributed by atoms with Crippen LogP contribution in [0.2, 0.25) is 0 Å². The van der Waals surface area contributed by atoms with Crippen molar-refractivity contribution in [3.8, 4) is 6.07 Å². The highest BCUT2D eigenvalue weighted by Gasteiger charge is 2.18. The van der Waals surface area contributed by atoms with Crippen LogP contribution in [0.5, 0.6) is 0 Å². The molecule has 0 aromatic heterocycles. The lowest BCUT2D eigenvalue weighted by Gasteiger charge is -2.29. The number of hydrazone groups is 1. The van der Waals surface area contributed by atoms with E-state index in [1.807, 2.05) is 12.1 Å². The average Bonchev–Trinajstić information content (AvgIpc) is 2.56. The Balaban J connectivity index is 1.88. The third-order valence-electron chi connectivity index (χ3n) is 3.42. The Labute approximate surface area is 121 Å². The van der Waals surface area contributed by atoms with Gasteiger partial charge in [-0.2, -0.15) is 10.4 Å². The predicted octanol–water partition coefficient (Wildman–Crippen LogP) is 0.839. The summed E-state index contributed by atoms with van der Waals surface area (Å²) in [5.41, 5.74) is 5.10. The lowest BCUT2D eigenvalue weighted by molar-refractivity contribution is 0.122. The van der Waals surface area contributed by atoms with Crippen LogP contribution in [-0.4, -0.2) is 44.7 Å². The van der Waals surface area contributed by atoms with E-state index < -0.39 is 6.09 Å². The van der Waals surface area contributed by atoms with E-state index in [1.165, 1.54) is 0 Å². The van der Waals surface area contributed by atoms with Gasteiger partial charge in [-0.25, -0.2) is 10.2 Å². The monoisotopic (exact) mass is 286 g/mol. The van der Waals surface area contributed by atoms with Crippen molar-refractivity contribution in [3.63, 3.8) is 0 Å². The second-order valence-electron chi connectivity index (χ2n) is 4.69. The minimum atomic E-state index is -0.566. The lowest BCUT2D eigenvalue weighted by Crippen LogP contribution is -2.36. The van der Waals surface area contributed by atoms with Gasteiger partial charge in [-0.3, -0.25) is 0 Å². The van der Waals surface area contributed by atoms with Gasteiger partial charge in [-0.15, -0.1) is 0 Å². The van der Waals surface area contributed by atoms with Gasteiger partial charge in [0.1, 0.15) is 18.4 Å². The molecule has 2 heterocycles. The van der Waals surface area contributed by atoms with Crippen LogP contribution in [0.4, 0.5) is 10.5 Å². The van der Waals surface area contributed by atoms with Gasteiger partial charge in [0, 0.05) is 18.7 Å². The third kappa shape index (κ3) is 2.80. The zero-order valence-electron chi connectivity index (χ0n) is 11.3. The molecular formula is C14H14N4O3. The van der Waals surface area contributed by atoms with Gasteiger partial charge in [-0.05, 0) is 12.1 Å². The van der Waals surface area contributed by atoms with Crippen LogP contribution < -0.4 is 10.3 Å². The van der Waals surface area contributed by atoms with E-state index in [0.717, 1.165) is 24.3 Å². The number of rotatable bonds is 2. The quantitative estimate of drug-likeness (QED) is 0.870. The van der Waals surface area contributed by atoms with Crippen LogP contribution in [-0.2, 0) is 9.47 Å². The first-order valence-electron chi connectivity index (χ1n) is 6.64. The van der Waals surface area contributed by atoms with Crippen molar-refractivity contribution in [2.75, 3.05) is 37.8 Å². The maximum atomic E-state index is 10.9. The molecule has 1 aromatic carbocycles. The number of anilines is 1. The Kier molecular flexibility index (Phi) is 3.71. The molecule has 3 rings (SSSR count). The fourth-order valence-corrected chi connectivity index (χ4v) is 2.34. The maximum Gasteiger partial charge on any atom is 0.428 e. The van der Waals surface area contributed by atoms with Crippen molar-refractivity contribution >= 4 is 17.5 Å². The minimum absolute atomic E-state index is 0.105. The van der Waals surface area contributed by atoms with Gasteiger partial charge in [0.25, 0.3) is 0 Å². The summed E-state index contributed by atoms with van der Waals surface area (Å²) in [5.74, 6) is 0. The van der Waals surface area contributed by atoms with E-state index in [-0.39, 0.29) is 6.61 Å². The number of hydrogen-bond donors (Lipinski definition) is 1. The average molecular weight is 286 g/mol. The summed E-state index contributed by atoms with van der Waals surface area (Å²) in [5, 5.41) is 13.3. The molecular weight excluding hydrogens is 272 g/mol. The molecule has 2 aliphatic rings. The maximum absolute atomic E-state index is 10.9. The van der Waals surface area contributed by atoms with Crippen molar-refractivity contribution in [2.45, 2.75) is 0 Å². The standard InChI is InChI=1S/C14H14N4O3/c15-8-11-7-10(12-9-21-14(19)17-16-12)1-2-13(11)18-3-5-20-6-4-18/h1-2,7H,3-6,9H2,(H,17,19). The van der Waals surface area contributed by atoms with Crippen LogP contribution >= 0.6 is 0 Å². The van der Waals surface area contributed by atoms with Gasteiger partial charge in [0.05, 0.1) is 24.5 Å². The minimum Gasteiger partial charge on any atom is -0.442 e. The highest BCUT2D eigenvalue weighted by Crippen LogP contribution is 2.23. The molecule has 7 nitrogen and oxygen atoms in total. The van der Waals surface area contributed by atoms with Crippen molar-refractivity contribution in [3.05, 3.63) is 29.3 Å². The largest absolute Gasteiger partial charge is 0.442 e. The molecule has 0 radical (unpaired) electrons.